The zero-order chi connectivity index (χ0) is 14.7. The topological polar surface area (TPSA) is 75.4 Å². The summed E-state index contributed by atoms with van der Waals surface area (Å²) < 4.78 is 1.90. The number of nitrogens with zero attached hydrogens (tertiary/aromatic N) is 3. The van der Waals surface area contributed by atoms with Crippen LogP contribution in [0.4, 0.5) is 0 Å². The number of carboxylic acids is 1. The van der Waals surface area contributed by atoms with Gasteiger partial charge in [0.05, 0.1) is 17.4 Å². The highest BCUT2D eigenvalue weighted by Gasteiger charge is 2.21. The Kier molecular flexibility index (Phi) is 4.02. The molecule has 2 rings (SSSR count). The highest BCUT2D eigenvalue weighted by atomic mass is 16.4. The van der Waals surface area contributed by atoms with Crippen LogP contribution in [-0.4, -0.2) is 44.5 Å². The first-order valence-electron chi connectivity index (χ1n) is 6.39. The molecule has 1 aromatic carbocycles. The normalized spacial score (nSPS) is 12.3. The van der Waals surface area contributed by atoms with Crippen molar-refractivity contribution in [2.24, 2.45) is 0 Å². The van der Waals surface area contributed by atoms with E-state index >= 15 is 0 Å². The highest BCUT2D eigenvalue weighted by Crippen LogP contribution is 2.12. The highest BCUT2D eigenvalue weighted by molar-refractivity contribution is 5.83. The van der Waals surface area contributed by atoms with E-state index in [0.29, 0.717) is 6.54 Å². The van der Waals surface area contributed by atoms with Crippen LogP contribution >= 0.6 is 0 Å². The van der Waals surface area contributed by atoms with Crippen LogP contribution in [0.5, 0.6) is 0 Å². The van der Waals surface area contributed by atoms with Crippen molar-refractivity contribution in [2.75, 3.05) is 7.05 Å². The lowest BCUT2D eigenvalue weighted by Crippen LogP contribution is -2.40. The Morgan fingerprint density at radius 2 is 2.10 bits per heavy atom. The number of benzene rings is 1. The molecule has 0 saturated heterocycles. The summed E-state index contributed by atoms with van der Waals surface area (Å²) in [5, 5.41) is 8.89. The first-order valence-corrected chi connectivity index (χ1v) is 6.39. The fourth-order valence-corrected chi connectivity index (χ4v) is 1.96. The number of aromatic nitrogens is 2. The number of likely N-dealkylation sites (N-methyl/N-ethyl adjacent to an activating group) is 1. The molecular weight excluding hydrogens is 258 g/mol. The van der Waals surface area contributed by atoms with E-state index in [4.69, 9.17) is 5.11 Å². The first-order chi connectivity index (χ1) is 9.50. The molecule has 1 unspecified atom stereocenters. The molecule has 20 heavy (non-hydrogen) atoms. The molecule has 6 nitrogen and oxygen atoms in total. The molecule has 0 aliphatic rings. The van der Waals surface area contributed by atoms with Crippen LogP contribution in [0.3, 0.4) is 0 Å². The SMILES string of the molecule is CC(C(=O)O)N(C)C(=O)CCn1cnc2ccccc21. The lowest BCUT2D eigenvalue weighted by molar-refractivity contribution is -0.148. The largest absolute Gasteiger partial charge is 0.480 e. The molecule has 106 valence electrons. The molecule has 0 saturated carbocycles. The first kappa shape index (κ1) is 14.0. The number of hydrogen-bond donors (Lipinski definition) is 1. The summed E-state index contributed by atoms with van der Waals surface area (Å²) in [4.78, 5) is 28.3. The standard InChI is InChI=1S/C14H17N3O3/c1-10(14(19)20)16(2)13(18)7-8-17-9-15-11-5-3-4-6-12(11)17/h3-6,9-10H,7-8H2,1-2H3,(H,19,20). The van der Waals surface area contributed by atoms with Crippen molar-refractivity contribution in [3.05, 3.63) is 30.6 Å². The van der Waals surface area contributed by atoms with Gasteiger partial charge in [0.25, 0.3) is 0 Å². The van der Waals surface area contributed by atoms with Crippen molar-refractivity contribution in [3.63, 3.8) is 0 Å². The third kappa shape index (κ3) is 2.79. The van der Waals surface area contributed by atoms with E-state index in [9.17, 15) is 9.59 Å². The van der Waals surface area contributed by atoms with Gasteiger partial charge in [-0.3, -0.25) is 4.79 Å². The zero-order valence-electron chi connectivity index (χ0n) is 11.5. The minimum Gasteiger partial charge on any atom is -0.480 e. The monoisotopic (exact) mass is 275 g/mol. The van der Waals surface area contributed by atoms with E-state index in [-0.39, 0.29) is 12.3 Å². The van der Waals surface area contributed by atoms with Gasteiger partial charge in [0, 0.05) is 20.0 Å². The van der Waals surface area contributed by atoms with Gasteiger partial charge in [-0.2, -0.15) is 0 Å². The van der Waals surface area contributed by atoms with Gasteiger partial charge in [0.15, 0.2) is 0 Å². The summed E-state index contributed by atoms with van der Waals surface area (Å²) in [6.45, 7) is 1.98. The van der Waals surface area contributed by atoms with Crippen LogP contribution in [0.2, 0.25) is 0 Å². The summed E-state index contributed by atoms with van der Waals surface area (Å²) in [5.41, 5.74) is 1.85. The Bertz CT molecular complexity index is 635. The predicted octanol–water partition coefficient (Wildman–Crippen LogP) is 1.36. The molecule has 1 N–H and O–H groups in total. The van der Waals surface area contributed by atoms with Crippen molar-refractivity contribution in [2.45, 2.75) is 25.9 Å². The van der Waals surface area contributed by atoms with Crippen molar-refractivity contribution in [1.82, 2.24) is 14.5 Å². The number of aliphatic carboxylic acids is 1. The predicted molar refractivity (Wildman–Crippen MR) is 74.2 cm³/mol. The van der Waals surface area contributed by atoms with Gasteiger partial charge >= 0.3 is 5.97 Å². The molecule has 0 spiro atoms. The molecule has 0 aliphatic carbocycles. The number of rotatable bonds is 5. The molecule has 6 heteroatoms. The second-order valence-corrected chi connectivity index (χ2v) is 4.70. The number of para-hydroxylation sites is 2. The molecule has 1 atom stereocenters. The molecule has 1 aromatic heterocycles. The molecule has 1 amide bonds. The van der Waals surface area contributed by atoms with Gasteiger partial charge < -0.3 is 14.6 Å². The smallest absolute Gasteiger partial charge is 0.326 e. The van der Waals surface area contributed by atoms with Crippen molar-refractivity contribution in [1.29, 1.82) is 0 Å². The van der Waals surface area contributed by atoms with E-state index in [1.165, 1.54) is 18.9 Å². The van der Waals surface area contributed by atoms with Crippen molar-refractivity contribution < 1.29 is 14.7 Å². The fraction of sp³-hybridized carbons (Fsp3) is 0.357. The van der Waals surface area contributed by atoms with Crippen LogP contribution in [0, 0.1) is 0 Å². The lowest BCUT2D eigenvalue weighted by atomic mass is 10.2. The molecule has 2 aromatic rings. The summed E-state index contributed by atoms with van der Waals surface area (Å²) in [7, 11) is 1.51. The Morgan fingerprint density at radius 3 is 2.80 bits per heavy atom. The van der Waals surface area contributed by atoms with Crippen LogP contribution < -0.4 is 0 Å². The Labute approximate surface area is 116 Å². The van der Waals surface area contributed by atoms with E-state index in [1.54, 1.807) is 6.33 Å². The number of hydrogen-bond acceptors (Lipinski definition) is 3. The number of aryl methyl sites for hydroxylation is 1. The fourth-order valence-electron chi connectivity index (χ4n) is 1.96. The van der Waals surface area contributed by atoms with Crippen molar-refractivity contribution >= 4 is 22.9 Å². The molecule has 1 heterocycles. The average Bonchev–Trinajstić information content (AvgIpc) is 2.86. The number of imidazole rings is 1. The quantitative estimate of drug-likeness (QED) is 0.894. The van der Waals surface area contributed by atoms with Gasteiger partial charge in [0.2, 0.25) is 5.91 Å². The third-order valence-electron chi connectivity index (χ3n) is 3.43. The third-order valence-corrected chi connectivity index (χ3v) is 3.43. The molecule has 0 bridgehead atoms. The van der Waals surface area contributed by atoms with Crippen LogP contribution in [0.15, 0.2) is 30.6 Å². The second kappa shape index (κ2) is 5.73. The number of amides is 1. The minimum atomic E-state index is -1.01. The average molecular weight is 275 g/mol. The lowest BCUT2D eigenvalue weighted by Gasteiger charge is -2.21. The Morgan fingerprint density at radius 1 is 1.40 bits per heavy atom. The van der Waals surface area contributed by atoms with Crippen LogP contribution in [0.25, 0.3) is 11.0 Å². The van der Waals surface area contributed by atoms with Crippen LogP contribution in [-0.2, 0) is 16.1 Å². The van der Waals surface area contributed by atoms with Gasteiger partial charge in [-0.15, -0.1) is 0 Å². The van der Waals surface area contributed by atoms with E-state index in [1.807, 2.05) is 28.8 Å². The number of fused-ring (bicyclic) bond motifs is 1. The summed E-state index contributed by atoms with van der Waals surface area (Å²) in [6.07, 6.45) is 1.94. The van der Waals surface area contributed by atoms with E-state index in [2.05, 4.69) is 4.98 Å². The van der Waals surface area contributed by atoms with E-state index < -0.39 is 12.0 Å². The van der Waals surface area contributed by atoms with Gasteiger partial charge in [-0.1, -0.05) is 12.1 Å². The van der Waals surface area contributed by atoms with Crippen LogP contribution in [0.1, 0.15) is 13.3 Å². The maximum Gasteiger partial charge on any atom is 0.326 e. The van der Waals surface area contributed by atoms with Gasteiger partial charge in [-0.25, -0.2) is 9.78 Å². The van der Waals surface area contributed by atoms with Crippen molar-refractivity contribution in [3.8, 4) is 0 Å². The van der Waals surface area contributed by atoms with E-state index in [0.717, 1.165) is 11.0 Å². The summed E-state index contributed by atoms with van der Waals surface area (Å²) in [6, 6.07) is 6.86. The minimum absolute atomic E-state index is 0.197. The van der Waals surface area contributed by atoms with Gasteiger partial charge in [0.1, 0.15) is 6.04 Å². The zero-order valence-corrected chi connectivity index (χ0v) is 11.5. The number of carboxylic acid groups (broad SMARTS) is 1. The molecule has 0 fully saturated rings. The number of carbonyl (C=O) groups is 2. The summed E-state index contributed by atoms with van der Waals surface area (Å²) >= 11 is 0. The summed E-state index contributed by atoms with van der Waals surface area (Å²) in [5.74, 6) is -1.20. The maximum absolute atomic E-state index is 11.9. The number of carbonyl (C=O) groups excluding carboxylic acids is 1. The second-order valence-electron chi connectivity index (χ2n) is 4.70. The molecule has 0 aliphatic heterocycles. The Balaban J connectivity index is 2.02. The Hall–Kier alpha value is -2.37. The maximum atomic E-state index is 11.9. The molecular formula is C14H17N3O3. The molecule has 0 radical (unpaired) electrons. The van der Waals surface area contributed by atoms with Gasteiger partial charge in [-0.05, 0) is 19.1 Å².